The van der Waals surface area contributed by atoms with Gasteiger partial charge in [0.2, 0.25) is 0 Å². The fraction of sp³-hybridized carbons (Fsp3) is 0.0500. The minimum atomic E-state index is -1.37. The molecule has 4 rings (SSSR count). The largest absolute Gasteiger partial charge is 0.298 e. The van der Waals surface area contributed by atoms with Gasteiger partial charge in [0.25, 0.3) is 0 Å². The highest BCUT2D eigenvalue weighted by Crippen LogP contribution is 2.76. The smallest absolute Gasteiger partial charge is 0.152 e. The monoisotopic (exact) mass is 334 g/mol. The summed E-state index contributed by atoms with van der Waals surface area (Å²) in [6.07, 6.45) is 3.19. The van der Waals surface area contributed by atoms with Gasteiger partial charge in [-0.25, -0.2) is 8.83 Å². The van der Waals surface area contributed by atoms with E-state index in [4.69, 9.17) is 0 Å². The van der Waals surface area contributed by atoms with Crippen LogP contribution in [0.25, 0.3) is 0 Å². The number of carbonyl (C=O) groups excluding carboxylic acids is 1. The second-order valence-electron chi connectivity index (χ2n) is 5.70. The SMILES string of the molecule is CS1(c2ccccc2)N(c2ccccc2)N1c1ccccc1C=O. The number of benzene rings is 3. The fourth-order valence-electron chi connectivity index (χ4n) is 3.02. The van der Waals surface area contributed by atoms with Gasteiger partial charge in [-0.05, 0) is 46.8 Å². The van der Waals surface area contributed by atoms with Crippen molar-refractivity contribution in [3.63, 3.8) is 0 Å². The van der Waals surface area contributed by atoms with Gasteiger partial charge in [-0.15, -0.1) is 0 Å². The van der Waals surface area contributed by atoms with Gasteiger partial charge in [0.15, 0.2) is 6.29 Å². The molecule has 24 heavy (non-hydrogen) atoms. The summed E-state index contributed by atoms with van der Waals surface area (Å²) in [5, 5.41) is 0. The van der Waals surface area contributed by atoms with E-state index in [1.165, 1.54) is 4.90 Å². The molecule has 1 saturated heterocycles. The number of rotatable bonds is 4. The van der Waals surface area contributed by atoms with Gasteiger partial charge >= 0.3 is 0 Å². The third kappa shape index (κ3) is 2.19. The summed E-state index contributed by atoms with van der Waals surface area (Å²) in [6, 6.07) is 28.6. The van der Waals surface area contributed by atoms with E-state index in [1.54, 1.807) is 0 Å². The number of anilines is 2. The van der Waals surface area contributed by atoms with Crippen molar-refractivity contribution < 1.29 is 4.79 Å². The van der Waals surface area contributed by atoms with Crippen molar-refractivity contribution in [1.29, 1.82) is 0 Å². The maximum absolute atomic E-state index is 11.5. The summed E-state index contributed by atoms with van der Waals surface area (Å²) >= 11 is 0. The first-order chi connectivity index (χ1) is 11.8. The van der Waals surface area contributed by atoms with Crippen molar-refractivity contribution in [2.24, 2.45) is 0 Å². The van der Waals surface area contributed by atoms with Crippen LogP contribution in [0.5, 0.6) is 0 Å². The number of hydrogen-bond acceptors (Lipinski definition) is 3. The van der Waals surface area contributed by atoms with Crippen molar-refractivity contribution in [2.75, 3.05) is 15.1 Å². The molecule has 0 spiro atoms. The number of hydrazine groups is 1. The maximum atomic E-state index is 11.5. The molecule has 0 saturated carbocycles. The Morgan fingerprint density at radius 2 is 1.33 bits per heavy atom. The van der Waals surface area contributed by atoms with E-state index < -0.39 is 10.4 Å². The van der Waals surface area contributed by atoms with Crippen molar-refractivity contribution >= 4 is 28.1 Å². The van der Waals surface area contributed by atoms with Crippen LogP contribution >= 0.6 is 10.4 Å². The van der Waals surface area contributed by atoms with Gasteiger partial charge in [0.1, 0.15) is 0 Å². The predicted octanol–water partition coefficient (Wildman–Crippen LogP) is 5.06. The van der Waals surface area contributed by atoms with Gasteiger partial charge in [-0.2, -0.15) is 0 Å². The summed E-state index contributed by atoms with van der Waals surface area (Å²) in [5.74, 6) is 0. The number of para-hydroxylation sites is 2. The first-order valence-corrected chi connectivity index (χ1v) is 9.75. The highest BCUT2D eigenvalue weighted by Gasteiger charge is 2.55. The van der Waals surface area contributed by atoms with Gasteiger partial charge in [-0.1, -0.05) is 48.5 Å². The maximum Gasteiger partial charge on any atom is 0.152 e. The van der Waals surface area contributed by atoms with Crippen LogP contribution in [0, 0.1) is 0 Å². The lowest BCUT2D eigenvalue weighted by atomic mass is 10.2. The molecule has 3 aromatic carbocycles. The van der Waals surface area contributed by atoms with Crippen molar-refractivity contribution in [3.8, 4) is 0 Å². The van der Waals surface area contributed by atoms with Crippen LogP contribution in [0.4, 0.5) is 11.4 Å². The summed E-state index contributed by atoms with van der Waals surface area (Å²) in [6.45, 7) is 0. The van der Waals surface area contributed by atoms with Crippen molar-refractivity contribution in [2.45, 2.75) is 4.90 Å². The number of nitrogens with zero attached hydrogens (tertiary/aromatic N) is 2. The Morgan fingerprint density at radius 1 is 0.750 bits per heavy atom. The van der Waals surface area contributed by atoms with Crippen LogP contribution in [-0.4, -0.2) is 12.5 Å². The molecule has 1 unspecified atom stereocenters. The lowest BCUT2D eigenvalue weighted by Crippen LogP contribution is -2.05. The zero-order valence-electron chi connectivity index (χ0n) is 13.4. The standard InChI is InChI=1S/C20H18N2OS/c1-24(19-13-6-3-7-14-19)21(18-11-4-2-5-12-18)22(24)20-15-9-8-10-17(20)16-23/h2-16H,1H3. The van der Waals surface area contributed by atoms with Crippen LogP contribution in [0.1, 0.15) is 10.4 Å². The van der Waals surface area contributed by atoms with Crippen LogP contribution in [0.3, 0.4) is 0 Å². The van der Waals surface area contributed by atoms with E-state index in [9.17, 15) is 4.79 Å². The average molecular weight is 334 g/mol. The molecule has 1 aliphatic rings. The average Bonchev–Trinajstić information content (AvgIpc) is 3.30. The minimum Gasteiger partial charge on any atom is -0.298 e. The number of carbonyl (C=O) groups is 1. The van der Waals surface area contributed by atoms with Gasteiger partial charge in [0.05, 0.1) is 11.4 Å². The molecule has 0 aromatic heterocycles. The zero-order valence-corrected chi connectivity index (χ0v) is 14.2. The zero-order chi connectivity index (χ0) is 16.6. The van der Waals surface area contributed by atoms with E-state index in [2.05, 4.69) is 51.5 Å². The summed E-state index contributed by atoms with van der Waals surface area (Å²) in [5.41, 5.74) is 2.81. The molecule has 1 fully saturated rings. The van der Waals surface area contributed by atoms with Gasteiger partial charge in [0, 0.05) is 16.7 Å². The summed E-state index contributed by atoms with van der Waals surface area (Å²) < 4.78 is 4.58. The lowest BCUT2D eigenvalue weighted by Gasteiger charge is -2.14. The van der Waals surface area contributed by atoms with Crippen LogP contribution in [-0.2, 0) is 0 Å². The Balaban J connectivity index is 1.86. The van der Waals surface area contributed by atoms with E-state index in [1.807, 2.05) is 48.5 Å². The summed E-state index contributed by atoms with van der Waals surface area (Å²) in [7, 11) is -1.37. The first-order valence-electron chi connectivity index (χ1n) is 7.80. The molecular weight excluding hydrogens is 316 g/mol. The van der Waals surface area contributed by atoms with Crippen LogP contribution in [0.2, 0.25) is 0 Å². The molecule has 3 nitrogen and oxygen atoms in total. The van der Waals surface area contributed by atoms with Gasteiger partial charge in [-0.3, -0.25) is 4.79 Å². The highest BCUT2D eigenvalue weighted by molar-refractivity contribution is 8.41. The van der Waals surface area contributed by atoms with E-state index in [-0.39, 0.29) is 0 Å². The molecule has 0 radical (unpaired) electrons. The Morgan fingerprint density at radius 3 is 2.00 bits per heavy atom. The number of aldehydes is 1. The lowest BCUT2D eigenvalue weighted by molar-refractivity contribution is 0.112. The molecule has 1 heterocycles. The summed E-state index contributed by atoms with van der Waals surface area (Å²) in [4.78, 5) is 12.8. The molecule has 120 valence electrons. The topological polar surface area (TPSA) is 23.1 Å². The molecular formula is C20H18N2OS. The number of hydrogen-bond donors (Lipinski definition) is 0. The predicted molar refractivity (Wildman–Crippen MR) is 101 cm³/mol. The molecule has 0 aliphatic carbocycles. The van der Waals surface area contributed by atoms with E-state index >= 15 is 0 Å². The Labute approximate surface area is 143 Å². The Bertz CT molecular complexity index is 869. The molecule has 0 amide bonds. The normalized spacial score (nSPS) is 21.9. The fourth-order valence-corrected chi connectivity index (χ4v) is 6.12. The molecule has 0 N–H and O–H groups in total. The molecule has 1 atom stereocenters. The first kappa shape index (κ1) is 14.8. The molecule has 4 heteroatoms. The third-order valence-corrected chi connectivity index (χ3v) is 7.35. The van der Waals surface area contributed by atoms with E-state index in [0.29, 0.717) is 5.56 Å². The Hall–Kier alpha value is -2.72. The molecule has 3 aromatic rings. The van der Waals surface area contributed by atoms with Crippen LogP contribution in [0.15, 0.2) is 89.8 Å². The van der Waals surface area contributed by atoms with E-state index in [0.717, 1.165) is 17.7 Å². The molecule has 0 bridgehead atoms. The minimum absolute atomic E-state index is 0.714. The van der Waals surface area contributed by atoms with Crippen molar-refractivity contribution in [3.05, 3.63) is 90.5 Å². The highest BCUT2D eigenvalue weighted by atomic mass is 32.3. The van der Waals surface area contributed by atoms with Gasteiger partial charge < -0.3 is 0 Å². The quantitative estimate of drug-likeness (QED) is 0.492. The second kappa shape index (κ2) is 5.73. The third-order valence-electron chi connectivity index (χ3n) is 4.25. The molecule has 1 aliphatic heterocycles. The van der Waals surface area contributed by atoms with Crippen molar-refractivity contribution in [1.82, 2.24) is 0 Å². The Kier molecular flexibility index (Phi) is 3.54. The van der Waals surface area contributed by atoms with Crippen LogP contribution < -0.4 is 8.83 Å². The second-order valence-corrected chi connectivity index (χ2v) is 8.53.